The van der Waals surface area contributed by atoms with E-state index in [4.69, 9.17) is 0 Å². The molecular formula is C23H19N5O2. The first-order valence-corrected chi connectivity index (χ1v) is 9.73. The number of benzene rings is 2. The molecular weight excluding hydrogens is 378 g/mol. The number of carbonyl (C=O) groups excluding carboxylic acids is 1. The average molecular weight is 397 g/mol. The molecule has 3 heterocycles. The standard InChI is InChI=1S/C23H19N5O2/c1-15-14-18-27(12-13-28(18)26-15)23(30)20-19(16-8-4-2-5-9-16)21(24-25-22(20)29)17-10-6-3-7-11-17/h2-11,14H,12-13H2,1H3,(H,25,29). The molecule has 30 heavy (non-hydrogen) atoms. The summed E-state index contributed by atoms with van der Waals surface area (Å²) in [7, 11) is 0. The third-order valence-electron chi connectivity index (χ3n) is 5.24. The summed E-state index contributed by atoms with van der Waals surface area (Å²) < 4.78 is 1.79. The fourth-order valence-electron chi connectivity index (χ4n) is 3.91. The van der Waals surface area contributed by atoms with Crippen LogP contribution in [0, 0.1) is 6.92 Å². The number of anilines is 1. The first-order chi connectivity index (χ1) is 14.6. The Labute approximate surface area is 172 Å². The Bertz CT molecular complexity index is 1290. The highest BCUT2D eigenvalue weighted by Gasteiger charge is 2.32. The molecule has 0 saturated carbocycles. The summed E-state index contributed by atoms with van der Waals surface area (Å²) in [6.45, 7) is 2.96. The van der Waals surface area contributed by atoms with Crippen molar-refractivity contribution >= 4 is 11.7 Å². The second kappa shape index (κ2) is 7.11. The molecule has 4 aromatic rings. The van der Waals surface area contributed by atoms with Gasteiger partial charge in [-0.3, -0.25) is 14.5 Å². The van der Waals surface area contributed by atoms with Gasteiger partial charge in [0.15, 0.2) is 0 Å². The molecule has 2 aromatic heterocycles. The first kappa shape index (κ1) is 18.1. The Kier molecular flexibility index (Phi) is 4.28. The van der Waals surface area contributed by atoms with E-state index >= 15 is 0 Å². The lowest BCUT2D eigenvalue weighted by molar-refractivity contribution is 0.0988. The highest BCUT2D eigenvalue weighted by atomic mass is 16.2. The zero-order chi connectivity index (χ0) is 20.7. The van der Waals surface area contributed by atoms with Crippen molar-refractivity contribution in [1.82, 2.24) is 20.0 Å². The second-order valence-corrected chi connectivity index (χ2v) is 7.21. The van der Waals surface area contributed by atoms with E-state index in [1.165, 1.54) is 0 Å². The van der Waals surface area contributed by atoms with E-state index in [2.05, 4.69) is 15.3 Å². The van der Waals surface area contributed by atoms with Crippen molar-refractivity contribution in [1.29, 1.82) is 0 Å². The molecule has 7 nitrogen and oxygen atoms in total. The number of aromatic nitrogens is 4. The number of amides is 1. The smallest absolute Gasteiger partial charge is 0.277 e. The van der Waals surface area contributed by atoms with Gasteiger partial charge >= 0.3 is 0 Å². The highest BCUT2D eigenvalue weighted by Crippen LogP contribution is 2.33. The van der Waals surface area contributed by atoms with Crippen LogP contribution in [0.1, 0.15) is 16.1 Å². The van der Waals surface area contributed by atoms with Crippen LogP contribution in [-0.4, -0.2) is 32.4 Å². The van der Waals surface area contributed by atoms with Crippen LogP contribution < -0.4 is 10.5 Å². The molecule has 0 atom stereocenters. The number of rotatable bonds is 3. The van der Waals surface area contributed by atoms with Crippen LogP contribution in [0.2, 0.25) is 0 Å². The minimum Gasteiger partial charge on any atom is -0.291 e. The number of aryl methyl sites for hydroxylation is 1. The maximum absolute atomic E-state index is 13.7. The minimum atomic E-state index is -0.506. The van der Waals surface area contributed by atoms with Crippen LogP contribution in [0.4, 0.5) is 5.82 Å². The lowest BCUT2D eigenvalue weighted by Gasteiger charge is -2.18. The van der Waals surface area contributed by atoms with Gasteiger partial charge < -0.3 is 0 Å². The quantitative estimate of drug-likeness (QED) is 0.575. The van der Waals surface area contributed by atoms with E-state index < -0.39 is 5.56 Å². The van der Waals surface area contributed by atoms with E-state index in [0.29, 0.717) is 30.2 Å². The number of aromatic amines is 1. The van der Waals surface area contributed by atoms with Crippen molar-refractivity contribution in [3.05, 3.63) is 88.3 Å². The predicted molar refractivity (Wildman–Crippen MR) is 114 cm³/mol. The van der Waals surface area contributed by atoms with Gasteiger partial charge in [0.2, 0.25) is 0 Å². The van der Waals surface area contributed by atoms with Crippen LogP contribution in [0.5, 0.6) is 0 Å². The van der Waals surface area contributed by atoms with E-state index in [0.717, 1.165) is 16.8 Å². The number of H-pyrrole nitrogens is 1. The summed E-state index contributed by atoms with van der Waals surface area (Å²) in [6, 6.07) is 20.8. The number of hydrogen-bond donors (Lipinski definition) is 1. The Morgan fingerprint density at radius 1 is 0.967 bits per heavy atom. The van der Waals surface area contributed by atoms with Gasteiger partial charge in [0.1, 0.15) is 11.4 Å². The third-order valence-corrected chi connectivity index (χ3v) is 5.24. The van der Waals surface area contributed by atoms with Crippen LogP contribution in [0.25, 0.3) is 22.4 Å². The van der Waals surface area contributed by atoms with Gasteiger partial charge in [-0.1, -0.05) is 60.7 Å². The summed E-state index contributed by atoms with van der Waals surface area (Å²) in [5, 5.41) is 11.3. The molecule has 0 unspecified atom stereocenters. The molecule has 1 amide bonds. The third kappa shape index (κ3) is 2.91. The van der Waals surface area contributed by atoms with Crippen molar-refractivity contribution in [2.45, 2.75) is 13.5 Å². The van der Waals surface area contributed by atoms with E-state index in [1.807, 2.05) is 73.7 Å². The summed E-state index contributed by atoms with van der Waals surface area (Å²) in [5.41, 5.74) is 3.10. The maximum atomic E-state index is 13.7. The number of fused-ring (bicyclic) bond motifs is 1. The fraction of sp³-hybridized carbons (Fsp3) is 0.130. The van der Waals surface area contributed by atoms with Gasteiger partial charge in [-0.2, -0.15) is 10.2 Å². The molecule has 0 saturated heterocycles. The van der Waals surface area contributed by atoms with Crippen molar-refractivity contribution < 1.29 is 4.79 Å². The van der Waals surface area contributed by atoms with Crippen LogP contribution in [0.3, 0.4) is 0 Å². The number of nitrogens with zero attached hydrogens (tertiary/aromatic N) is 4. The summed E-state index contributed by atoms with van der Waals surface area (Å²) >= 11 is 0. The molecule has 7 heteroatoms. The van der Waals surface area contributed by atoms with Gasteiger partial charge in [-0.15, -0.1) is 0 Å². The molecule has 148 valence electrons. The Morgan fingerprint density at radius 3 is 2.33 bits per heavy atom. The number of hydrogen-bond acceptors (Lipinski definition) is 4. The zero-order valence-electron chi connectivity index (χ0n) is 16.4. The van der Waals surface area contributed by atoms with Crippen LogP contribution in [-0.2, 0) is 6.54 Å². The van der Waals surface area contributed by atoms with Crippen LogP contribution in [0.15, 0.2) is 71.5 Å². The molecule has 5 rings (SSSR count). The molecule has 0 fully saturated rings. The lowest BCUT2D eigenvalue weighted by Crippen LogP contribution is -2.34. The van der Waals surface area contributed by atoms with Gasteiger partial charge in [0.25, 0.3) is 11.5 Å². The van der Waals surface area contributed by atoms with Gasteiger partial charge in [0.05, 0.1) is 17.9 Å². The van der Waals surface area contributed by atoms with Crippen LogP contribution >= 0.6 is 0 Å². The summed E-state index contributed by atoms with van der Waals surface area (Å²) in [6.07, 6.45) is 0. The lowest BCUT2D eigenvalue weighted by atomic mass is 9.95. The largest absolute Gasteiger partial charge is 0.291 e. The van der Waals surface area contributed by atoms with Crippen molar-refractivity contribution in [2.75, 3.05) is 11.4 Å². The minimum absolute atomic E-state index is 0.0855. The number of nitrogens with one attached hydrogen (secondary N) is 1. The highest BCUT2D eigenvalue weighted by molar-refractivity contribution is 6.11. The van der Waals surface area contributed by atoms with E-state index in [-0.39, 0.29) is 11.5 Å². The van der Waals surface area contributed by atoms with E-state index in [9.17, 15) is 9.59 Å². The molecule has 0 bridgehead atoms. The molecule has 0 aliphatic carbocycles. The van der Waals surface area contributed by atoms with Crippen molar-refractivity contribution in [2.24, 2.45) is 0 Å². The molecule has 1 N–H and O–H groups in total. The molecule has 0 spiro atoms. The average Bonchev–Trinajstić information content (AvgIpc) is 3.33. The first-order valence-electron chi connectivity index (χ1n) is 9.73. The summed E-state index contributed by atoms with van der Waals surface area (Å²) in [4.78, 5) is 28.2. The Hall–Kier alpha value is -4.00. The molecule has 2 aromatic carbocycles. The second-order valence-electron chi connectivity index (χ2n) is 7.21. The molecule has 1 aliphatic rings. The van der Waals surface area contributed by atoms with E-state index in [1.54, 1.807) is 9.58 Å². The normalized spacial score (nSPS) is 12.8. The van der Waals surface area contributed by atoms with Crippen molar-refractivity contribution in [3.8, 4) is 22.4 Å². The topological polar surface area (TPSA) is 83.9 Å². The SMILES string of the molecule is Cc1cc2n(n1)CCN2C(=O)c1c(-c2ccccc2)c(-c2ccccc2)n[nH]c1=O. The summed E-state index contributed by atoms with van der Waals surface area (Å²) in [5.74, 6) is 0.349. The predicted octanol–water partition coefficient (Wildman–Crippen LogP) is 3.27. The van der Waals surface area contributed by atoms with Gasteiger partial charge in [-0.05, 0) is 12.5 Å². The zero-order valence-corrected chi connectivity index (χ0v) is 16.4. The molecule has 0 radical (unpaired) electrons. The maximum Gasteiger partial charge on any atom is 0.277 e. The monoisotopic (exact) mass is 397 g/mol. The van der Waals surface area contributed by atoms with Gasteiger partial charge in [-0.25, -0.2) is 9.78 Å². The van der Waals surface area contributed by atoms with Crippen molar-refractivity contribution in [3.63, 3.8) is 0 Å². The molecule has 1 aliphatic heterocycles. The Morgan fingerprint density at radius 2 is 1.63 bits per heavy atom. The Balaban J connectivity index is 1.74. The fourth-order valence-corrected chi connectivity index (χ4v) is 3.91. The number of carbonyl (C=O) groups is 1. The van der Waals surface area contributed by atoms with Gasteiger partial charge in [0, 0.05) is 23.7 Å².